The SMILES string of the molecule is CC(=N)N(C)CC(N)=O. The molecule has 0 spiro atoms. The Kier molecular flexibility index (Phi) is 2.70. The zero-order valence-corrected chi connectivity index (χ0v) is 5.64. The van der Waals surface area contributed by atoms with Crippen LogP contribution < -0.4 is 5.73 Å². The van der Waals surface area contributed by atoms with Crippen molar-refractivity contribution >= 4 is 11.7 Å². The smallest absolute Gasteiger partial charge is 0.236 e. The first-order valence-electron chi connectivity index (χ1n) is 2.58. The third-order valence-corrected chi connectivity index (χ3v) is 0.966. The average molecular weight is 129 g/mol. The van der Waals surface area contributed by atoms with Gasteiger partial charge in [0.15, 0.2) is 0 Å². The van der Waals surface area contributed by atoms with Crippen LogP contribution in [0.25, 0.3) is 0 Å². The Morgan fingerprint density at radius 2 is 2.22 bits per heavy atom. The maximum atomic E-state index is 10.2. The number of carbonyl (C=O) groups excluding carboxylic acids is 1. The highest BCUT2D eigenvalue weighted by Gasteiger charge is 2.00. The molecule has 0 aliphatic carbocycles. The van der Waals surface area contributed by atoms with E-state index < -0.39 is 5.91 Å². The average Bonchev–Trinajstić information content (AvgIpc) is 1.63. The number of amidine groups is 1. The van der Waals surface area contributed by atoms with E-state index in [1.165, 1.54) is 4.90 Å². The Labute approximate surface area is 54.1 Å². The molecular formula is C5H11N3O. The molecule has 0 fully saturated rings. The zero-order chi connectivity index (χ0) is 7.44. The summed E-state index contributed by atoms with van der Waals surface area (Å²) in [5.74, 6) is -0.0714. The molecular weight excluding hydrogens is 118 g/mol. The fourth-order valence-electron chi connectivity index (χ4n) is 0.352. The molecule has 0 unspecified atom stereocenters. The fraction of sp³-hybridized carbons (Fsp3) is 0.600. The molecule has 1 amide bonds. The van der Waals surface area contributed by atoms with Crippen LogP contribution in [0.4, 0.5) is 0 Å². The van der Waals surface area contributed by atoms with E-state index in [0.717, 1.165) is 0 Å². The predicted octanol–water partition coefficient (Wildman–Crippen LogP) is -0.599. The lowest BCUT2D eigenvalue weighted by Crippen LogP contribution is -2.33. The van der Waals surface area contributed by atoms with Crippen LogP contribution in [-0.4, -0.2) is 30.2 Å². The Morgan fingerprint density at radius 1 is 1.78 bits per heavy atom. The largest absolute Gasteiger partial charge is 0.368 e. The molecule has 0 aromatic rings. The van der Waals surface area contributed by atoms with Gasteiger partial charge >= 0.3 is 0 Å². The van der Waals surface area contributed by atoms with Crippen LogP contribution in [0.3, 0.4) is 0 Å². The monoisotopic (exact) mass is 129 g/mol. The molecule has 3 N–H and O–H groups in total. The van der Waals surface area contributed by atoms with E-state index in [9.17, 15) is 4.79 Å². The predicted molar refractivity (Wildman–Crippen MR) is 35.2 cm³/mol. The van der Waals surface area contributed by atoms with E-state index in [1.54, 1.807) is 14.0 Å². The number of primary amides is 1. The van der Waals surface area contributed by atoms with Crippen molar-refractivity contribution in [2.75, 3.05) is 13.6 Å². The van der Waals surface area contributed by atoms with Gasteiger partial charge in [0, 0.05) is 7.05 Å². The molecule has 4 heteroatoms. The van der Waals surface area contributed by atoms with Gasteiger partial charge in [-0.2, -0.15) is 0 Å². The van der Waals surface area contributed by atoms with E-state index in [2.05, 4.69) is 0 Å². The van der Waals surface area contributed by atoms with Gasteiger partial charge in [-0.25, -0.2) is 0 Å². The number of likely N-dealkylation sites (N-methyl/N-ethyl adjacent to an activating group) is 1. The number of rotatable bonds is 2. The number of nitrogens with two attached hydrogens (primary N) is 1. The zero-order valence-electron chi connectivity index (χ0n) is 5.64. The van der Waals surface area contributed by atoms with Crippen molar-refractivity contribution in [1.82, 2.24) is 4.90 Å². The number of hydrogen-bond acceptors (Lipinski definition) is 2. The Morgan fingerprint density at radius 3 is 2.33 bits per heavy atom. The molecule has 0 aliphatic rings. The van der Waals surface area contributed by atoms with Gasteiger partial charge in [0.1, 0.15) is 0 Å². The van der Waals surface area contributed by atoms with Gasteiger partial charge in [-0.3, -0.25) is 10.2 Å². The van der Waals surface area contributed by atoms with Gasteiger partial charge in [-0.1, -0.05) is 0 Å². The lowest BCUT2D eigenvalue weighted by Gasteiger charge is -2.13. The van der Waals surface area contributed by atoms with Crippen molar-refractivity contribution in [2.24, 2.45) is 5.73 Å². The van der Waals surface area contributed by atoms with E-state index in [0.29, 0.717) is 5.84 Å². The second-order valence-electron chi connectivity index (χ2n) is 1.91. The van der Waals surface area contributed by atoms with Gasteiger partial charge in [-0.15, -0.1) is 0 Å². The fourth-order valence-corrected chi connectivity index (χ4v) is 0.352. The normalized spacial score (nSPS) is 8.67. The van der Waals surface area contributed by atoms with Gasteiger partial charge in [0.05, 0.1) is 12.4 Å². The topological polar surface area (TPSA) is 70.2 Å². The second-order valence-corrected chi connectivity index (χ2v) is 1.91. The lowest BCUT2D eigenvalue weighted by atomic mass is 10.5. The molecule has 4 nitrogen and oxygen atoms in total. The molecule has 0 aromatic carbocycles. The molecule has 0 aliphatic heterocycles. The summed E-state index contributed by atoms with van der Waals surface area (Å²) in [6, 6.07) is 0. The minimum atomic E-state index is -0.413. The standard InChI is InChI=1S/C5H11N3O/c1-4(6)8(2)3-5(7)9/h6H,3H2,1-2H3,(H2,7,9). The van der Waals surface area contributed by atoms with Gasteiger partial charge < -0.3 is 10.6 Å². The number of carbonyl (C=O) groups is 1. The highest BCUT2D eigenvalue weighted by Crippen LogP contribution is 1.80. The third-order valence-electron chi connectivity index (χ3n) is 0.966. The molecule has 0 radical (unpaired) electrons. The van der Waals surface area contributed by atoms with Crippen molar-refractivity contribution < 1.29 is 4.79 Å². The minimum Gasteiger partial charge on any atom is -0.368 e. The quantitative estimate of drug-likeness (QED) is 0.386. The van der Waals surface area contributed by atoms with E-state index >= 15 is 0 Å². The molecule has 0 heterocycles. The first kappa shape index (κ1) is 7.94. The molecule has 0 aromatic heterocycles. The van der Waals surface area contributed by atoms with Gasteiger partial charge in [0.2, 0.25) is 5.91 Å². The first-order valence-corrected chi connectivity index (χ1v) is 2.58. The van der Waals surface area contributed by atoms with Crippen LogP contribution in [0.1, 0.15) is 6.92 Å². The van der Waals surface area contributed by atoms with E-state index in [1.807, 2.05) is 0 Å². The highest BCUT2D eigenvalue weighted by atomic mass is 16.1. The van der Waals surface area contributed by atoms with Crippen LogP contribution >= 0.6 is 0 Å². The van der Waals surface area contributed by atoms with E-state index in [4.69, 9.17) is 11.1 Å². The van der Waals surface area contributed by atoms with Crippen molar-refractivity contribution in [3.05, 3.63) is 0 Å². The molecule has 0 rings (SSSR count). The summed E-state index contributed by atoms with van der Waals surface area (Å²) in [7, 11) is 1.65. The minimum absolute atomic E-state index is 0.120. The molecule has 0 atom stereocenters. The summed E-state index contributed by atoms with van der Waals surface area (Å²) < 4.78 is 0. The van der Waals surface area contributed by atoms with Crippen molar-refractivity contribution in [3.63, 3.8) is 0 Å². The van der Waals surface area contributed by atoms with Crippen molar-refractivity contribution in [2.45, 2.75) is 6.92 Å². The summed E-state index contributed by atoms with van der Waals surface area (Å²) in [5, 5.41) is 7.01. The van der Waals surface area contributed by atoms with Crippen LogP contribution in [0, 0.1) is 5.41 Å². The van der Waals surface area contributed by atoms with Crippen LogP contribution in [0.2, 0.25) is 0 Å². The van der Waals surface area contributed by atoms with Gasteiger partial charge in [0.25, 0.3) is 0 Å². The Balaban J connectivity index is 3.63. The lowest BCUT2D eigenvalue weighted by molar-refractivity contribution is -0.118. The first-order chi connectivity index (χ1) is 4.04. The Bertz CT molecular complexity index is 132. The third kappa shape index (κ3) is 3.52. The molecule has 9 heavy (non-hydrogen) atoms. The number of amides is 1. The maximum Gasteiger partial charge on any atom is 0.236 e. The van der Waals surface area contributed by atoms with Crippen LogP contribution in [-0.2, 0) is 4.79 Å². The maximum absolute atomic E-state index is 10.2. The summed E-state index contributed by atoms with van der Waals surface area (Å²) in [5.41, 5.74) is 4.85. The molecule has 0 saturated heterocycles. The van der Waals surface area contributed by atoms with Crippen molar-refractivity contribution in [1.29, 1.82) is 5.41 Å². The number of nitrogens with zero attached hydrogens (tertiary/aromatic N) is 1. The molecule has 0 saturated carbocycles. The van der Waals surface area contributed by atoms with E-state index in [-0.39, 0.29) is 6.54 Å². The van der Waals surface area contributed by atoms with Crippen LogP contribution in [0.5, 0.6) is 0 Å². The van der Waals surface area contributed by atoms with Gasteiger partial charge in [-0.05, 0) is 6.92 Å². The summed E-state index contributed by atoms with van der Waals surface area (Å²) in [6.45, 7) is 1.72. The van der Waals surface area contributed by atoms with Crippen LogP contribution in [0.15, 0.2) is 0 Å². The summed E-state index contributed by atoms with van der Waals surface area (Å²) in [4.78, 5) is 11.7. The summed E-state index contributed by atoms with van der Waals surface area (Å²) >= 11 is 0. The molecule has 0 bridgehead atoms. The molecule has 52 valence electrons. The number of nitrogens with one attached hydrogen (secondary N) is 1. The second kappa shape index (κ2) is 3.06. The highest BCUT2D eigenvalue weighted by molar-refractivity contribution is 5.83. The Hall–Kier alpha value is -1.06. The van der Waals surface area contributed by atoms with Crippen molar-refractivity contribution in [3.8, 4) is 0 Å². The summed E-state index contributed by atoms with van der Waals surface area (Å²) in [6.07, 6.45) is 0. The number of hydrogen-bond donors (Lipinski definition) is 2.